The molecule has 0 aromatic carbocycles. The van der Waals surface area contributed by atoms with E-state index >= 15 is 0 Å². The SMILES string of the molecule is CCCC1C=C2NC(=O)CCC2(C)C2CC[C@]3(C)C(C(C)CCCC(C)C)CCC3C12. The molecule has 0 bridgehead atoms. The number of amides is 1. The van der Waals surface area contributed by atoms with Gasteiger partial charge in [0.15, 0.2) is 0 Å². The van der Waals surface area contributed by atoms with E-state index in [1.807, 2.05) is 0 Å². The number of allylic oxidation sites excluding steroid dienone is 2. The summed E-state index contributed by atoms with van der Waals surface area (Å²) in [5.74, 6) is 6.00. The van der Waals surface area contributed by atoms with Gasteiger partial charge in [0, 0.05) is 17.5 Å². The number of fused-ring (bicyclic) bond motifs is 5. The van der Waals surface area contributed by atoms with Gasteiger partial charge in [-0.3, -0.25) is 4.79 Å². The van der Waals surface area contributed by atoms with Crippen LogP contribution in [0.3, 0.4) is 0 Å². The van der Waals surface area contributed by atoms with Crippen molar-refractivity contribution in [1.29, 1.82) is 0 Å². The molecule has 2 saturated carbocycles. The molecule has 0 spiro atoms. The van der Waals surface area contributed by atoms with Gasteiger partial charge in [-0.05, 0) is 85.4 Å². The fourth-order valence-electron chi connectivity index (χ4n) is 8.97. The molecule has 1 heterocycles. The maximum Gasteiger partial charge on any atom is 0.224 e. The van der Waals surface area contributed by atoms with E-state index in [0.717, 1.165) is 41.9 Å². The van der Waals surface area contributed by atoms with Crippen LogP contribution in [0, 0.1) is 52.3 Å². The largest absolute Gasteiger partial charge is 0.330 e. The fourth-order valence-corrected chi connectivity index (χ4v) is 8.97. The Hall–Kier alpha value is -0.790. The highest BCUT2D eigenvalue weighted by molar-refractivity contribution is 5.79. The molecule has 7 unspecified atom stereocenters. The molecule has 0 aromatic rings. The van der Waals surface area contributed by atoms with Gasteiger partial charge in [-0.25, -0.2) is 0 Å². The number of hydrogen-bond donors (Lipinski definition) is 1. The summed E-state index contributed by atoms with van der Waals surface area (Å²) in [6.45, 7) is 14.8. The molecular weight excluding hydrogens is 378 g/mol. The summed E-state index contributed by atoms with van der Waals surface area (Å²) < 4.78 is 0. The summed E-state index contributed by atoms with van der Waals surface area (Å²) in [6.07, 6.45) is 16.8. The van der Waals surface area contributed by atoms with Crippen molar-refractivity contribution in [2.75, 3.05) is 0 Å². The monoisotopic (exact) mass is 427 g/mol. The molecule has 176 valence electrons. The molecule has 1 saturated heterocycles. The first-order valence-corrected chi connectivity index (χ1v) is 13.7. The van der Waals surface area contributed by atoms with Crippen LogP contribution in [-0.2, 0) is 4.79 Å². The maximum absolute atomic E-state index is 12.2. The van der Waals surface area contributed by atoms with E-state index in [0.29, 0.717) is 17.8 Å². The first-order valence-electron chi connectivity index (χ1n) is 13.7. The molecule has 1 amide bonds. The lowest BCUT2D eigenvalue weighted by Crippen LogP contribution is -2.55. The Morgan fingerprint density at radius 3 is 2.55 bits per heavy atom. The summed E-state index contributed by atoms with van der Waals surface area (Å²) in [5, 5.41) is 3.33. The minimum absolute atomic E-state index is 0.200. The minimum atomic E-state index is 0.200. The minimum Gasteiger partial charge on any atom is -0.330 e. The van der Waals surface area contributed by atoms with E-state index in [1.165, 1.54) is 63.5 Å². The zero-order valence-electron chi connectivity index (χ0n) is 21.3. The van der Waals surface area contributed by atoms with Gasteiger partial charge in [-0.15, -0.1) is 0 Å². The van der Waals surface area contributed by atoms with Crippen LogP contribution in [0.4, 0.5) is 0 Å². The summed E-state index contributed by atoms with van der Waals surface area (Å²) in [7, 11) is 0. The van der Waals surface area contributed by atoms with Crippen LogP contribution in [0.5, 0.6) is 0 Å². The van der Waals surface area contributed by atoms with Gasteiger partial charge in [-0.2, -0.15) is 0 Å². The van der Waals surface area contributed by atoms with Gasteiger partial charge < -0.3 is 5.32 Å². The number of carbonyl (C=O) groups is 1. The first-order chi connectivity index (χ1) is 14.7. The van der Waals surface area contributed by atoms with Crippen molar-refractivity contribution in [3.8, 4) is 0 Å². The Kier molecular flexibility index (Phi) is 6.68. The van der Waals surface area contributed by atoms with Crippen molar-refractivity contribution in [3.05, 3.63) is 11.8 Å². The van der Waals surface area contributed by atoms with Crippen LogP contribution < -0.4 is 5.32 Å². The van der Waals surface area contributed by atoms with Gasteiger partial charge in [0.25, 0.3) is 0 Å². The standard InChI is InChI=1S/C29H49NO/c1-7-9-21-18-25-29(6,17-15-26(31)30-25)24-14-16-28(5)22(12-13-23(28)27(21)24)20(4)11-8-10-19(2)3/h18-24,27H,7-17H2,1-6H3,(H,30,31)/t20?,21?,22?,23?,24?,27?,28-,29?/m1/s1. The molecule has 31 heavy (non-hydrogen) atoms. The Morgan fingerprint density at radius 2 is 1.84 bits per heavy atom. The lowest BCUT2D eigenvalue weighted by atomic mass is 9.46. The average molecular weight is 428 g/mol. The zero-order chi connectivity index (χ0) is 22.4. The smallest absolute Gasteiger partial charge is 0.224 e. The van der Waals surface area contributed by atoms with Gasteiger partial charge >= 0.3 is 0 Å². The predicted octanol–water partition coefficient (Wildman–Crippen LogP) is 7.74. The van der Waals surface area contributed by atoms with Crippen molar-refractivity contribution >= 4 is 5.91 Å². The Labute approximate surface area is 192 Å². The third kappa shape index (κ3) is 4.04. The summed E-state index contributed by atoms with van der Waals surface area (Å²) in [5.41, 5.74) is 2.03. The fraction of sp³-hybridized carbons (Fsp3) is 0.897. The van der Waals surface area contributed by atoms with Crippen molar-refractivity contribution in [2.24, 2.45) is 52.3 Å². The third-order valence-corrected chi connectivity index (χ3v) is 10.6. The predicted molar refractivity (Wildman–Crippen MR) is 130 cm³/mol. The van der Waals surface area contributed by atoms with Crippen molar-refractivity contribution < 1.29 is 4.79 Å². The Morgan fingerprint density at radius 1 is 1.06 bits per heavy atom. The molecule has 0 aromatic heterocycles. The van der Waals surface area contributed by atoms with Crippen LogP contribution in [0.15, 0.2) is 11.8 Å². The number of rotatable bonds is 7. The lowest BCUT2D eigenvalue weighted by molar-refractivity contribution is -0.126. The van der Waals surface area contributed by atoms with Gasteiger partial charge in [0.1, 0.15) is 0 Å². The maximum atomic E-state index is 12.2. The molecule has 4 rings (SSSR count). The molecule has 1 aliphatic heterocycles. The van der Waals surface area contributed by atoms with Crippen LogP contribution >= 0.6 is 0 Å². The van der Waals surface area contributed by atoms with E-state index in [1.54, 1.807) is 0 Å². The van der Waals surface area contributed by atoms with Gasteiger partial charge in [0.05, 0.1) is 0 Å². The van der Waals surface area contributed by atoms with Crippen LogP contribution in [0.2, 0.25) is 0 Å². The quantitative estimate of drug-likeness (QED) is 0.442. The van der Waals surface area contributed by atoms with Crippen molar-refractivity contribution in [2.45, 2.75) is 112 Å². The van der Waals surface area contributed by atoms with Crippen LogP contribution in [-0.4, -0.2) is 5.91 Å². The normalized spacial score (nSPS) is 43.0. The number of hydrogen-bond acceptors (Lipinski definition) is 1. The van der Waals surface area contributed by atoms with E-state index in [-0.39, 0.29) is 11.3 Å². The molecule has 0 radical (unpaired) electrons. The van der Waals surface area contributed by atoms with Crippen LogP contribution in [0.1, 0.15) is 112 Å². The molecule has 3 aliphatic carbocycles. The van der Waals surface area contributed by atoms with Gasteiger partial charge in [0.2, 0.25) is 5.91 Å². The second kappa shape index (κ2) is 8.86. The molecule has 1 N–H and O–H groups in total. The summed E-state index contributed by atoms with van der Waals surface area (Å²) >= 11 is 0. The second-order valence-electron chi connectivity index (χ2n) is 12.8. The Balaban J connectivity index is 1.59. The molecule has 2 nitrogen and oxygen atoms in total. The molecule has 2 heteroatoms. The van der Waals surface area contributed by atoms with Crippen LogP contribution in [0.25, 0.3) is 0 Å². The van der Waals surface area contributed by atoms with Crippen molar-refractivity contribution in [3.63, 3.8) is 0 Å². The molecule has 8 atom stereocenters. The second-order valence-corrected chi connectivity index (χ2v) is 12.8. The zero-order valence-corrected chi connectivity index (χ0v) is 21.3. The third-order valence-electron chi connectivity index (χ3n) is 10.6. The molecule has 4 aliphatic rings. The highest BCUT2D eigenvalue weighted by atomic mass is 16.1. The Bertz CT molecular complexity index is 695. The average Bonchev–Trinajstić information content (AvgIpc) is 3.06. The molecule has 3 fully saturated rings. The van der Waals surface area contributed by atoms with E-state index in [2.05, 4.69) is 52.9 Å². The lowest BCUT2D eigenvalue weighted by Gasteiger charge is -2.60. The first kappa shape index (κ1) is 23.4. The van der Waals surface area contributed by atoms with E-state index in [9.17, 15) is 4.79 Å². The topological polar surface area (TPSA) is 29.1 Å². The summed E-state index contributed by atoms with van der Waals surface area (Å²) in [4.78, 5) is 12.2. The summed E-state index contributed by atoms with van der Waals surface area (Å²) in [6, 6.07) is 0. The number of nitrogens with one attached hydrogen (secondary N) is 1. The highest BCUT2D eigenvalue weighted by Crippen LogP contribution is 2.67. The molecular formula is C29H49NO. The number of piperidine rings is 1. The van der Waals surface area contributed by atoms with Gasteiger partial charge in [-0.1, -0.05) is 73.3 Å². The highest BCUT2D eigenvalue weighted by Gasteiger charge is 2.61. The number of carbonyl (C=O) groups excluding carboxylic acids is 1. The van der Waals surface area contributed by atoms with E-state index < -0.39 is 0 Å². The van der Waals surface area contributed by atoms with E-state index in [4.69, 9.17) is 0 Å². The van der Waals surface area contributed by atoms with Crippen molar-refractivity contribution in [1.82, 2.24) is 5.32 Å².